The summed E-state index contributed by atoms with van der Waals surface area (Å²) in [5.41, 5.74) is 6.78. The van der Waals surface area contributed by atoms with Gasteiger partial charge in [0.05, 0.1) is 0 Å². The van der Waals surface area contributed by atoms with Crippen molar-refractivity contribution in [3.8, 4) is 11.1 Å². The number of benzene rings is 3. The first kappa shape index (κ1) is 14.2. The monoisotopic (exact) mass is 294 g/mol. The van der Waals surface area contributed by atoms with Crippen molar-refractivity contribution in [2.24, 2.45) is 0 Å². The molecule has 0 bridgehead atoms. The first-order valence-electron chi connectivity index (χ1n) is 8.14. The molecule has 0 N–H and O–H groups in total. The van der Waals surface area contributed by atoms with Gasteiger partial charge < -0.3 is 0 Å². The summed E-state index contributed by atoms with van der Waals surface area (Å²) < 4.78 is 0. The number of hydrogen-bond acceptors (Lipinski definition) is 0. The van der Waals surface area contributed by atoms with Crippen molar-refractivity contribution in [3.05, 3.63) is 77.2 Å². The number of fused-ring (bicyclic) bond motifs is 2. The van der Waals surface area contributed by atoms with E-state index in [1.165, 1.54) is 49.3 Å². The summed E-state index contributed by atoms with van der Waals surface area (Å²) >= 11 is 0. The number of rotatable bonds is 1. The van der Waals surface area contributed by atoms with Gasteiger partial charge in [-0.2, -0.15) is 0 Å². The Morgan fingerprint density at radius 2 is 1.39 bits per heavy atom. The van der Waals surface area contributed by atoms with Crippen LogP contribution in [0.15, 0.2) is 60.6 Å². The second-order valence-electron chi connectivity index (χ2n) is 6.47. The Bertz CT molecular complexity index is 967. The third kappa shape index (κ3) is 2.28. The molecule has 4 rings (SSSR count). The van der Waals surface area contributed by atoms with Crippen molar-refractivity contribution in [2.75, 3.05) is 0 Å². The molecule has 1 aromatic heterocycles. The minimum atomic E-state index is 1.31. The van der Waals surface area contributed by atoms with Gasteiger partial charge in [0.2, 0.25) is 0 Å². The molecule has 1 heterocycles. The first-order valence-corrected chi connectivity index (χ1v) is 8.14. The van der Waals surface area contributed by atoms with Crippen LogP contribution in [0.25, 0.3) is 32.6 Å². The summed E-state index contributed by atoms with van der Waals surface area (Å²) in [7, 11) is 0. The molecule has 0 aliphatic rings. The maximum absolute atomic E-state index is 2.30. The zero-order chi connectivity index (χ0) is 16.0. The van der Waals surface area contributed by atoms with Gasteiger partial charge in [-0.05, 0) is 0 Å². The molecule has 0 amide bonds. The Hall–Kier alpha value is -2.41. The maximum atomic E-state index is 2.30. The third-order valence-corrected chi connectivity index (χ3v) is 4.70. The zero-order valence-corrected chi connectivity index (χ0v) is 13.9. The van der Waals surface area contributed by atoms with Crippen LogP contribution in [0.4, 0.5) is 0 Å². The summed E-state index contributed by atoms with van der Waals surface area (Å²) in [6, 6.07) is 19.9. The molecule has 0 aliphatic heterocycles. The van der Waals surface area contributed by atoms with Gasteiger partial charge in [0.25, 0.3) is 0 Å². The van der Waals surface area contributed by atoms with E-state index in [-0.39, 0.29) is 0 Å². The molecule has 0 atom stereocenters. The molecule has 3 aromatic carbocycles. The second-order valence-corrected chi connectivity index (χ2v) is 6.47. The van der Waals surface area contributed by atoms with Crippen LogP contribution in [0.2, 0.25) is 0 Å². The van der Waals surface area contributed by atoms with Crippen LogP contribution in [0, 0.1) is 20.8 Å². The summed E-state index contributed by atoms with van der Waals surface area (Å²) in [4.78, 5) is 0. The normalized spacial score (nSPS) is 11.1. The van der Waals surface area contributed by atoms with Gasteiger partial charge in [0, 0.05) is 0 Å². The molecule has 0 fully saturated rings. The van der Waals surface area contributed by atoms with Gasteiger partial charge >= 0.3 is 137 Å². The van der Waals surface area contributed by atoms with Crippen LogP contribution in [-0.2, 0) is 0 Å². The predicted molar refractivity (Wildman–Crippen MR) is 102 cm³/mol. The Kier molecular flexibility index (Phi) is 3.30. The fourth-order valence-corrected chi connectivity index (χ4v) is 3.86. The molecule has 1 heteroatoms. The van der Waals surface area contributed by atoms with Gasteiger partial charge in [0.15, 0.2) is 0 Å². The quantitative estimate of drug-likeness (QED) is 0.382. The van der Waals surface area contributed by atoms with Crippen LogP contribution < -0.4 is 0 Å². The number of hydrogen-bond donors (Lipinski definition) is 0. The third-order valence-electron chi connectivity index (χ3n) is 4.70. The Morgan fingerprint density at radius 1 is 0.696 bits per heavy atom. The van der Waals surface area contributed by atoms with E-state index in [0.717, 1.165) is 0 Å². The zero-order valence-electron chi connectivity index (χ0n) is 13.9. The SMILES string of the molecule is Cc1cc(C)c(-c2c3bcccc3cc3ccccc23)c(C)c1. The number of aryl methyl sites for hydroxylation is 3. The van der Waals surface area contributed by atoms with Crippen molar-refractivity contribution >= 4 is 28.4 Å². The molecule has 0 nitrogen and oxygen atoms in total. The van der Waals surface area contributed by atoms with Crippen molar-refractivity contribution in [1.29, 1.82) is 0 Å². The molecule has 0 saturated heterocycles. The predicted octanol–water partition coefficient (Wildman–Crippen LogP) is 5.92. The van der Waals surface area contributed by atoms with Gasteiger partial charge in [-0.1, -0.05) is 0 Å². The molecule has 110 valence electrons. The Morgan fingerprint density at radius 3 is 2.17 bits per heavy atom. The molecule has 23 heavy (non-hydrogen) atoms. The second kappa shape index (κ2) is 5.35. The Balaban J connectivity index is 2.25. The van der Waals surface area contributed by atoms with E-state index in [0.29, 0.717) is 0 Å². The average Bonchev–Trinajstić information content (AvgIpc) is 2.53. The minimum absolute atomic E-state index is 1.31. The molecular weight excluding hydrogens is 275 g/mol. The van der Waals surface area contributed by atoms with Crippen LogP contribution in [0.5, 0.6) is 0 Å². The summed E-state index contributed by atoms with van der Waals surface area (Å²) in [5.74, 6) is 2.14. The Labute approximate surface area is 138 Å². The summed E-state index contributed by atoms with van der Waals surface area (Å²) in [6.07, 6.45) is 0. The summed E-state index contributed by atoms with van der Waals surface area (Å²) in [6.45, 7) is 8.87. The van der Waals surface area contributed by atoms with E-state index in [2.05, 4.69) is 88.2 Å². The van der Waals surface area contributed by atoms with Crippen molar-refractivity contribution in [2.45, 2.75) is 20.8 Å². The van der Waals surface area contributed by atoms with Crippen LogP contribution in [0.1, 0.15) is 16.7 Å². The molecule has 0 saturated carbocycles. The topological polar surface area (TPSA) is 0 Å². The van der Waals surface area contributed by atoms with E-state index in [1.54, 1.807) is 0 Å². The van der Waals surface area contributed by atoms with Crippen LogP contribution >= 0.6 is 0 Å². The fraction of sp³-hybridized carbons (Fsp3) is 0.136. The van der Waals surface area contributed by atoms with Crippen LogP contribution in [-0.4, -0.2) is 6.91 Å². The van der Waals surface area contributed by atoms with Crippen molar-refractivity contribution in [3.63, 3.8) is 0 Å². The molecular formula is C22H19B. The summed E-state index contributed by atoms with van der Waals surface area (Å²) in [5, 5.41) is 5.28. The van der Waals surface area contributed by atoms with E-state index in [4.69, 9.17) is 0 Å². The van der Waals surface area contributed by atoms with Crippen molar-refractivity contribution in [1.82, 2.24) is 0 Å². The molecule has 0 spiro atoms. The molecule has 4 aromatic rings. The van der Waals surface area contributed by atoms with Gasteiger partial charge in [-0.3, -0.25) is 0 Å². The fourth-order valence-electron chi connectivity index (χ4n) is 3.86. The average molecular weight is 294 g/mol. The molecule has 0 radical (unpaired) electrons. The van der Waals surface area contributed by atoms with Gasteiger partial charge in [-0.15, -0.1) is 0 Å². The van der Waals surface area contributed by atoms with Crippen molar-refractivity contribution < 1.29 is 0 Å². The van der Waals surface area contributed by atoms with E-state index >= 15 is 0 Å². The first-order chi connectivity index (χ1) is 11.1. The standard InChI is InChI=1S/C22H19B/c1-14-11-15(2)20(16(3)12-14)21-19-9-5-4-7-17(19)13-18-8-6-10-23-22(18)21/h4-13H,1-3H3. The van der Waals surface area contributed by atoms with E-state index in [1.807, 2.05) is 0 Å². The van der Waals surface area contributed by atoms with Gasteiger partial charge in [-0.25, -0.2) is 0 Å². The molecule has 0 unspecified atom stereocenters. The molecule has 0 aliphatic carbocycles. The van der Waals surface area contributed by atoms with E-state index in [9.17, 15) is 0 Å². The van der Waals surface area contributed by atoms with Crippen LogP contribution in [0.3, 0.4) is 0 Å². The van der Waals surface area contributed by atoms with E-state index < -0.39 is 0 Å². The van der Waals surface area contributed by atoms with Gasteiger partial charge in [0.1, 0.15) is 0 Å².